The maximum absolute atomic E-state index is 11.2. The first-order valence-electron chi connectivity index (χ1n) is 5.55. The molecule has 0 amide bonds. The summed E-state index contributed by atoms with van der Waals surface area (Å²) in [4.78, 5) is 21.7. The van der Waals surface area contributed by atoms with E-state index in [0.717, 1.165) is 6.42 Å². The quantitative estimate of drug-likeness (QED) is 0.632. The molecule has 1 heterocycles. The normalized spacial score (nSPS) is 10.5. The lowest BCUT2D eigenvalue weighted by atomic mass is 10.1. The molecule has 1 rings (SSSR count). The maximum atomic E-state index is 11.2. The first kappa shape index (κ1) is 13.2. The molecule has 0 fully saturated rings. The van der Waals surface area contributed by atoms with Gasteiger partial charge in [-0.3, -0.25) is 10.1 Å². The Kier molecular flexibility index (Phi) is 3.88. The first-order valence-corrected chi connectivity index (χ1v) is 5.55. The third-order valence-electron chi connectivity index (χ3n) is 2.78. The zero-order valence-corrected chi connectivity index (χ0v) is 10.2. The second kappa shape index (κ2) is 4.99. The van der Waals surface area contributed by atoms with Crippen molar-refractivity contribution in [2.45, 2.75) is 40.2 Å². The highest BCUT2D eigenvalue weighted by Gasteiger charge is 2.30. The molecule has 0 aromatic carbocycles. The minimum atomic E-state index is -1.11. The van der Waals surface area contributed by atoms with Crippen LogP contribution in [0.5, 0.6) is 0 Å². The van der Waals surface area contributed by atoms with Gasteiger partial charge in [0.15, 0.2) is 0 Å². The van der Waals surface area contributed by atoms with Crippen LogP contribution in [0.4, 0.5) is 5.69 Å². The highest BCUT2D eigenvalue weighted by molar-refractivity contribution is 5.90. The molecule has 0 unspecified atom stereocenters. The number of rotatable bonds is 5. The van der Waals surface area contributed by atoms with E-state index in [0.29, 0.717) is 24.2 Å². The molecular weight excluding hydrogens is 224 g/mol. The Morgan fingerprint density at radius 2 is 2.06 bits per heavy atom. The lowest BCUT2D eigenvalue weighted by Crippen LogP contribution is -2.11. The van der Waals surface area contributed by atoms with Crippen molar-refractivity contribution in [3.8, 4) is 0 Å². The standard InChI is InChI=1S/C11H16N2O4/c1-4-6-12-7(3)9(13(16)17)8(5-2)10(12)11(14)15/h4-6H2,1-3H3,(H,14,15). The monoisotopic (exact) mass is 240 g/mol. The summed E-state index contributed by atoms with van der Waals surface area (Å²) in [5.74, 6) is -1.11. The van der Waals surface area contributed by atoms with Crippen molar-refractivity contribution in [2.24, 2.45) is 0 Å². The summed E-state index contributed by atoms with van der Waals surface area (Å²) in [6, 6.07) is 0. The SMILES string of the molecule is CCCn1c(C)c([N+](=O)[O-])c(CC)c1C(=O)O. The van der Waals surface area contributed by atoms with E-state index in [1.807, 2.05) is 6.92 Å². The van der Waals surface area contributed by atoms with Gasteiger partial charge in [0, 0.05) is 6.54 Å². The molecule has 94 valence electrons. The van der Waals surface area contributed by atoms with Gasteiger partial charge in [-0.25, -0.2) is 4.79 Å². The summed E-state index contributed by atoms with van der Waals surface area (Å²) in [5.41, 5.74) is 0.733. The summed E-state index contributed by atoms with van der Waals surface area (Å²) >= 11 is 0. The zero-order valence-electron chi connectivity index (χ0n) is 10.2. The molecule has 1 aromatic rings. The van der Waals surface area contributed by atoms with Crippen LogP contribution in [0.15, 0.2) is 0 Å². The summed E-state index contributed by atoms with van der Waals surface area (Å²) in [5, 5.41) is 20.2. The minimum Gasteiger partial charge on any atom is -0.477 e. The number of aromatic carboxylic acids is 1. The van der Waals surface area contributed by atoms with E-state index in [4.69, 9.17) is 0 Å². The molecule has 0 aliphatic carbocycles. The van der Waals surface area contributed by atoms with Crippen LogP contribution in [0.1, 0.15) is 42.0 Å². The number of aromatic nitrogens is 1. The average molecular weight is 240 g/mol. The van der Waals surface area contributed by atoms with Crippen LogP contribution in [0.2, 0.25) is 0 Å². The van der Waals surface area contributed by atoms with Gasteiger partial charge in [0.1, 0.15) is 5.69 Å². The van der Waals surface area contributed by atoms with Gasteiger partial charge in [-0.15, -0.1) is 0 Å². The summed E-state index contributed by atoms with van der Waals surface area (Å²) in [6.45, 7) is 5.71. The van der Waals surface area contributed by atoms with Gasteiger partial charge in [-0.05, 0) is 19.8 Å². The number of carboxylic acids is 1. The van der Waals surface area contributed by atoms with E-state index in [9.17, 15) is 20.0 Å². The molecule has 0 saturated carbocycles. The molecule has 6 nitrogen and oxygen atoms in total. The molecule has 0 aliphatic rings. The van der Waals surface area contributed by atoms with Gasteiger partial charge >= 0.3 is 5.97 Å². The van der Waals surface area contributed by atoms with E-state index < -0.39 is 10.9 Å². The average Bonchev–Trinajstić information content (AvgIpc) is 2.52. The van der Waals surface area contributed by atoms with E-state index in [1.54, 1.807) is 13.8 Å². The number of hydrogen-bond acceptors (Lipinski definition) is 3. The molecule has 6 heteroatoms. The molecule has 0 bridgehead atoms. The van der Waals surface area contributed by atoms with Crippen LogP contribution in [-0.2, 0) is 13.0 Å². The van der Waals surface area contributed by atoms with Crippen LogP contribution >= 0.6 is 0 Å². The molecule has 0 spiro atoms. The molecule has 0 aliphatic heterocycles. The fourth-order valence-electron chi connectivity index (χ4n) is 2.11. The van der Waals surface area contributed by atoms with Gasteiger partial charge in [0.25, 0.3) is 5.69 Å². The van der Waals surface area contributed by atoms with Crippen molar-refractivity contribution in [2.75, 3.05) is 0 Å². The minimum absolute atomic E-state index is 0.0542. The van der Waals surface area contributed by atoms with Crippen molar-refractivity contribution in [3.63, 3.8) is 0 Å². The summed E-state index contributed by atoms with van der Waals surface area (Å²) in [7, 11) is 0. The second-order valence-electron chi connectivity index (χ2n) is 3.83. The Morgan fingerprint density at radius 1 is 1.47 bits per heavy atom. The van der Waals surface area contributed by atoms with Gasteiger partial charge in [-0.1, -0.05) is 13.8 Å². The number of hydrogen-bond donors (Lipinski definition) is 1. The lowest BCUT2D eigenvalue weighted by Gasteiger charge is -2.06. The fourth-order valence-corrected chi connectivity index (χ4v) is 2.11. The Labute approximate surface area is 99.0 Å². The second-order valence-corrected chi connectivity index (χ2v) is 3.83. The van der Waals surface area contributed by atoms with Crippen LogP contribution < -0.4 is 0 Å². The number of nitrogens with zero attached hydrogens (tertiary/aromatic N) is 2. The molecule has 1 aromatic heterocycles. The van der Waals surface area contributed by atoms with Gasteiger partial charge < -0.3 is 9.67 Å². The Bertz CT molecular complexity index is 463. The van der Waals surface area contributed by atoms with E-state index in [1.165, 1.54) is 4.57 Å². The van der Waals surface area contributed by atoms with Crippen molar-refractivity contribution in [1.82, 2.24) is 4.57 Å². The van der Waals surface area contributed by atoms with Gasteiger partial charge in [0.2, 0.25) is 0 Å². The van der Waals surface area contributed by atoms with E-state index >= 15 is 0 Å². The third-order valence-corrected chi connectivity index (χ3v) is 2.78. The molecule has 0 radical (unpaired) electrons. The topological polar surface area (TPSA) is 85.4 Å². The molecule has 17 heavy (non-hydrogen) atoms. The third kappa shape index (κ3) is 2.15. The van der Waals surface area contributed by atoms with E-state index in [-0.39, 0.29) is 11.4 Å². The molecule has 0 atom stereocenters. The smallest absolute Gasteiger partial charge is 0.353 e. The van der Waals surface area contributed by atoms with Gasteiger partial charge in [-0.2, -0.15) is 0 Å². The maximum Gasteiger partial charge on any atom is 0.353 e. The Balaban J connectivity index is 3.59. The molecule has 0 saturated heterocycles. The predicted octanol–water partition coefficient (Wildman–Crippen LogP) is 2.38. The highest BCUT2D eigenvalue weighted by Crippen LogP contribution is 2.30. The van der Waals surface area contributed by atoms with Crippen LogP contribution in [0.3, 0.4) is 0 Å². The van der Waals surface area contributed by atoms with Crippen molar-refractivity contribution in [3.05, 3.63) is 27.1 Å². The lowest BCUT2D eigenvalue weighted by molar-refractivity contribution is -0.386. The number of carboxylic acid groups (broad SMARTS) is 1. The largest absolute Gasteiger partial charge is 0.477 e. The van der Waals surface area contributed by atoms with E-state index in [2.05, 4.69) is 0 Å². The van der Waals surface area contributed by atoms with Crippen LogP contribution in [0, 0.1) is 17.0 Å². The van der Waals surface area contributed by atoms with Crippen molar-refractivity contribution in [1.29, 1.82) is 0 Å². The summed E-state index contributed by atoms with van der Waals surface area (Å²) < 4.78 is 1.53. The molecule has 1 N–H and O–H groups in total. The molecular formula is C11H16N2O4. The predicted molar refractivity (Wildman–Crippen MR) is 62.5 cm³/mol. The number of carbonyl (C=O) groups is 1. The van der Waals surface area contributed by atoms with Crippen LogP contribution in [0.25, 0.3) is 0 Å². The Morgan fingerprint density at radius 3 is 2.41 bits per heavy atom. The first-order chi connectivity index (χ1) is 7.95. The van der Waals surface area contributed by atoms with Crippen molar-refractivity contribution < 1.29 is 14.8 Å². The zero-order chi connectivity index (χ0) is 13.2. The number of nitro groups is 1. The van der Waals surface area contributed by atoms with Crippen molar-refractivity contribution >= 4 is 11.7 Å². The highest BCUT2D eigenvalue weighted by atomic mass is 16.6. The fraction of sp³-hybridized carbons (Fsp3) is 0.545. The summed E-state index contributed by atoms with van der Waals surface area (Å²) in [6.07, 6.45) is 1.08. The van der Waals surface area contributed by atoms with Gasteiger partial charge in [0.05, 0.1) is 16.2 Å². The Hall–Kier alpha value is -1.85. The van der Waals surface area contributed by atoms with Crippen LogP contribution in [-0.4, -0.2) is 20.6 Å².